The van der Waals surface area contributed by atoms with E-state index in [9.17, 15) is 0 Å². The fourth-order valence-corrected chi connectivity index (χ4v) is 3.49. The van der Waals surface area contributed by atoms with Gasteiger partial charge in [0, 0.05) is 5.92 Å². The summed E-state index contributed by atoms with van der Waals surface area (Å²) in [5.74, 6) is 1.68. The van der Waals surface area contributed by atoms with Gasteiger partial charge in [-0.05, 0) is 62.5 Å². The molecule has 0 heterocycles. The Morgan fingerprint density at radius 1 is 0.571 bits per heavy atom. The normalized spacial score (nSPS) is 28.1. The minimum absolute atomic E-state index is 1.37. The standard InChI is InChI=1S/C14H19/c1-10-11-6-2-4-8-13(11)14-9-5-3-7-12(10)14/h2-9H2,1H3. The van der Waals surface area contributed by atoms with Gasteiger partial charge in [0.05, 0.1) is 0 Å². The van der Waals surface area contributed by atoms with Gasteiger partial charge in [-0.1, -0.05) is 18.1 Å². The summed E-state index contributed by atoms with van der Waals surface area (Å²) >= 11 is 0. The van der Waals surface area contributed by atoms with Crippen LogP contribution >= 0.6 is 0 Å². The Hall–Kier alpha value is -0.520. The summed E-state index contributed by atoms with van der Waals surface area (Å²) in [5.41, 5.74) is 7.07. The van der Waals surface area contributed by atoms with E-state index >= 15 is 0 Å². The van der Waals surface area contributed by atoms with E-state index in [4.69, 9.17) is 0 Å². The summed E-state index contributed by atoms with van der Waals surface area (Å²) in [4.78, 5) is 0. The predicted molar refractivity (Wildman–Crippen MR) is 59.9 cm³/mol. The van der Waals surface area contributed by atoms with Gasteiger partial charge in [0.2, 0.25) is 0 Å². The van der Waals surface area contributed by atoms with Crippen LogP contribution < -0.4 is 0 Å². The molecule has 0 aromatic rings. The summed E-state index contributed by atoms with van der Waals surface area (Å²) in [5, 5.41) is 0. The van der Waals surface area contributed by atoms with Crippen LogP contribution in [0.3, 0.4) is 0 Å². The minimum Gasteiger partial charge on any atom is -0.0555 e. The lowest BCUT2D eigenvalue weighted by Gasteiger charge is -2.18. The van der Waals surface area contributed by atoms with Crippen LogP contribution in [0.5, 0.6) is 0 Å². The van der Waals surface area contributed by atoms with Gasteiger partial charge in [-0.25, -0.2) is 0 Å². The number of hydrogen-bond acceptors (Lipinski definition) is 0. The van der Waals surface area contributed by atoms with E-state index in [1.165, 1.54) is 51.4 Å². The number of hydrogen-bond donors (Lipinski definition) is 0. The highest BCUT2D eigenvalue weighted by Gasteiger charge is 2.32. The SMILES string of the molecule is C[C]1C2=C(CCCC2)C2=C1CCCC2. The Morgan fingerprint density at radius 2 is 0.929 bits per heavy atom. The molecule has 0 aromatic carbocycles. The molecule has 0 nitrogen and oxygen atoms in total. The van der Waals surface area contributed by atoms with E-state index < -0.39 is 0 Å². The average molecular weight is 187 g/mol. The second-order valence-corrected chi connectivity index (χ2v) is 4.95. The fourth-order valence-electron chi connectivity index (χ4n) is 3.49. The van der Waals surface area contributed by atoms with E-state index in [0.29, 0.717) is 0 Å². The van der Waals surface area contributed by atoms with Crippen LogP contribution in [0.15, 0.2) is 22.3 Å². The zero-order chi connectivity index (χ0) is 9.54. The molecule has 0 bridgehead atoms. The maximum atomic E-state index is 2.37. The molecule has 0 atom stereocenters. The van der Waals surface area contributed by atoms with Crippen LogP contribution in [-0.4, -0.2) is 0 Å². The topological polar surface area (TPSA) is 0 Å². The first kappa shape index (κ1) is 8.76. The Kier molecular flexibility index (Phi) is 2.04. The van der Waals surface area contributed by atoms with Crippen molar-refractivity contribution >= 4 is 0 Å². The van der Waals surface area contributed by atoms with Crippen molar-refractivity contribution in [3.05, 3.63) is 28.2 Å². The summed E-state index contributed by atoms with van der Waals surface area (Å²) in [6.07, 6.45) is 11.2. The van der Waals surface area contributed by atoms with Gasteiger partial charge >= 0.3 is 0 Å². The first-order valence-corrected chi connectivity index (χ1v) is 6.16. The highest BCUT2D eigenvalue weighted by molar-refractivity contribution is 5.60. The predicted octanol–water partition coefficient (Wildman–Crippen LogP) is 4.34. The van der Waals surface area contributed by atoms with Crippen molar-refractivity contribution < 1.29 is 0 Å². The number of allylic oxidation sites excluding steroid dienone is 4. The Labute approximate surface area is 87.1 Å². The largest absolute Gasteiger partial charge is 0.0555 e. The van der Waals surface area contributed by atoms with Crippen molar-refractivity contribution in [3.8, 4) is 0 Å². The average Bonchev–Trinajstić information content (AvgIpc) is 2.55. The molecule has 3 aliphatic carbocycles. The molecular weight excluding hydrogens is 168 g/mol. The van der Waals surface area contributed by atoms with Gasteiger partial charge in [-0.3, -0.25) is 0 Å². The van der Waals surface area contributed by atoms with Crippen molar-refractivity contribution in [1.29, 1.82) is 0 Å². The molecule has 0 aromatic heterocycles. The van der Waals surface area contributed by atoms with Gasteiger partial charge in [-0.2, -0.15) is 0 Å². The molecule has 3 rings (SSSR count). The molecule has 0 unspecified atom stereocenters. The molecule has 0 aliphatic heterocycles. The van der Waals surface area contributed by atoms with E-state index in [1.807, 2.05) is 0 Å². The van der Waals surface area contributed by atoms with E-state index in [-0.39, 0.29) is 0 Å². The van der Waals surface area contributed by atoms with E-state index in [0.717, 1.165) is 0 Å². The summed E-state index contributed by atoms with van der Waals surface area (Å²) < 4.78 is 0. The minimum atomic E-state index is 1.37. The van der Waals surface area contributed by atoms with Crippen LogP contribution in [0, 0.1) is 5.92 Å². The van der Waals surface area contributed by atoms with Gasteiger partial charge in [-0.15, -0.1) is 0 Å². The zero-order valence-corrected chi connectivity index (χ0v) is 9.16. The van der Waals surface area contributed by atoms with Crippen molar-refractivity contribution in [2.45, 2.75) is 58.3 Å². The third kappa shape index (κ3) is 1.12. The van der Waals surface area contributed by atoms with Gasteiger partial charge in [0.25, 0.3) is 0 Å². The first-order valence-electron chi connectivity index (χ1n) is 6.16. The van der Waals surface area contributed by atoms with E-state index in [1.54, 1.807) is 28.2 Å². The molecule has 3 aliphatic rings. The van der Waals surface area contributed by atoms with Gasteiger partial charge in [0.1, 0.15) is 0 Å². The third-order valence-electron chi connectivity index (χ3n) is 4.21. The van der Waals surface area contributed by atoms with Crippen LogP contribution in [0.25, 0.3) is 0 Å². The highest BCUT2D eigenvalue weighted by Crippen LogP contribution is 2.50. The monoisotopic (exact) mass is 187 g/mol. The second kappa shape index (κ2) is 3.25. The first-order chi connectivity index (χ1) is 6.88. The summed E-state index contributed by atoms with van der Waals surface area (Å²) in [7, 11) is 0. The van der Waals surface area contributed by atoms with Crippen molar-refractivity contribution in [3.63, 3.8) is 0 Å². The summed E-state index contributed by atoms with van der Waals surface area (Å²) in [6, 6.07) is 0. The Morgan fingerprint density at radius 3 is 1.36 bits per heavy atom. The molecule has 0 spiro atoms. The van der Waals surface area contributed by atoms with Gasteiger partial charge in [0.15, 0.2) is 0 Å². The van der Waals surface area contributed by atoms with Crippen LogP contribution in [-0.2, 0) is 0 Å². The molecule has 14 heavy (non-hydrogen) atoms. The molecule has 0 saturated heterocycles. The molecule has 0 N–H and O–H groups in total. The van der Waals surface area contributed by atoms with Crippen molar-refractivity contribution in [2.75, 3.05) is 0 Å². The van der Waals surface area contributed by atoms with Crippen molar-refractivity contribution in [2.24, 2.45) is 0 Å². The number of rotatable bonds is 0. The molecule has 0 saturated carbocycles. The summed E-state index contributed by atoms with van der Waals surface area (Å²) in [6.45, 7) is 2.37. The van der Waals surface area contributed by atoms with Gasteiger partial charge < -0.3 is 0 Å². The van der Waals surface area contributed by atoms with E-state index in [2.05, 4.69) is 6.92 Å². The third-order valence-corrected chi connectivity index (χ3v) is 4.21. The molecule has 1 radical (unpaired) electrons. The molecular formula is C14H19. The second-order valence-electron chi connectivity index (χ2n) is 4.95. The number of fused-ring (bicyclic) bond motifs is 1. The fraction of sp³-hybridized carbons (Fsp3) is 0.643. The van der Waals surface area contributed by atoms with Crippen LogP contribution in [0.2, 0.25) is 0 Å². The lowest BCUT2D eigenvalue weighted by atomic mass is 9.87. The van der Waals surface area contributed by atoms with Crippen molar-refractivity contribution in [1.82, 2.24) is 0 Å². The Bertz CT molecular complexity index is 285. The smallest absolute Gasteiger partial charge is 0.0232 e. The maximum Gasteiger partial charge on any atom is 0.0232 e. The Balaban J connectivity index is 2.02. The molecule has 0 fully saturated rings. The molecule has 0 heteroatoms. The molecule has 75 valence electrons. The zero-order valence-electron chi connectivity index (χ0n) is 9.16. The highest BCUT2D eigenvalue weighted by atomic mass is 14.4. The van der Waals surface area contributed by atoms with Crippen LogP contribution in [0.1, 0.15) is 58.3 Å². The lowest BCUT2D eigenvalue weighted by Crippen LogP contribution is -2.01. The van der Waals surface area contributed by atoms with Crippen LogP contribution in [0.4, 0.5) is 0 Å². The quantitative estimate of drug-likeness (QED) is 0.529. The molecule has 0 amide bonds. The lowest BCUT2D eigenvalue weighted by molar-refractivity contribution is 0.664. The maximum absolute atomic E-state index is 2.37.